The highest BCUT2D eigenvalue weighted by molar-refractivity contribution is 6.00. The van der Waals surface area contributed by atoms with Crippen LogP contribution in [-0.4, -0.2) is 27.3 Å². The number of rotatable bonds is 1. The van der Waals surface area contributed by atoms with E-state index >= 15 is 0 Å². The molecule has 2 heterocycles. The van der Waals surface area contributed by atoms with Crippen LogP contribution in [0.4, 0.5) is 19.0 Å². The number of nitrogens with one attached hydrogen (secondary N) is 2. The SMILES string of the molecule is O=C(Nc1[nH]nc2ncccc12)C(F)(F)F. The summed E-state index contributed by atoms with van der Waals surface area (Å²) in [6.07, 6.45) is -3.49. The van der Waals surface area contributed by atoms with Gasteiger partial charge in [0.15, 0.2) is 5.65 Å². The molecular weight excluding hydrogens is 225 g/mol. The predicted molar refractivity (Wildman–Crippen MR) is 48.6 cm³/mol. The number of nitrogens with zero attached hydrogens (tertiary/aromatic N) is 2. The molecule has 0 spiro atoms. The number of H-pyrrole nitrogens is 1. The largest absolute Gasteiger partial charge is 0.471 e. The summed E-state index contributed by atoms with van der Waals surface area (Å²) in [6, 6.07) is 3.03. The average molecular weight is 230 g/mol. The van der Waals surface area contributed by atoms with Crippen molar-refractivity contribution in [2.24, 2.45) is 0 Å². The van der Waals surface area contributed by atoms with Crippen LogP contribution in [0.25, 0.3) is 11.0 Å². The minimum Gasteiger partial charge on any atom is -0.303 e. The maximum Gasteiger partial charge on any atom is 0.471 e. The van der Waals surface area contributed by atoms with Gasteiger partial charge in [-0.3, -0.25) is 9.89 Å². The number of halogens is 3. The highest BCUT2D eigenvalue weighted by Crippen LogP contribution is 2.21. The van der Waals surface area contributed by atoms with Gasteiger partial charge in [0.05, 0.1) is 5.39 Å². The van der Waals surface area contributed by atoms with Crippen molar-refractivity contribution in [3.05, 3.63) is 18.3 Å². The van der Waals surface area contributed by atoms with Crippen LogP contribution in [0.1, 0.15) is 0 Å². The number of aromatic amines is 1. The summed E-state index contributed by atoms with van der Waals surface area (Å²) in [7, 11) is 0. The summed E-state index contributed by atoms with van der Waals surface area (Å²) in [6.45, 7) is 0. The van der Waals surface area contributed by atoms with Crippen LogP contribution in [0, 0.1) is 0 Å². The van der Waals surface area contributed by atoms with Crippen LogP contribution in [-0.2, 0) is 4.79 Å². The average Bonchev–Trinajstić information content (AvgIpc) is 2.61. The third-order valence-electron chi connectivity index (χ3n) is 1.83. The Kier molecular flexibility index (Phi) is 2.26. The van der Waals surface area contributed by atoms with Gasteiger partial charge >= 0.3 is 12.1 Å². The fraction of sp³-hybridized carbons (Fsp3) is 0.125. The number of hydrogen-bond acceptors (Lipinski definition) is 3. The first-order valence-electron chi connectivity index (χ1n) is 4.16. The molecule has 84 valence electrons. The number of anilines is 1. The maximum absolute atomic E-state index is 12.0. The van der Waals surface area contributed by atoms with Gasteiger partial charge in [-0.25, -0.2) is 4.98 Å². The van der Waals surface area contributed by atoms with Crippen LogP contribution in [0.3, 0.4) is 0 Å². The third-order valence-corrected chi connectivity index (χ3v) is 1.83. The van der Waals surface area contributed by atoms with Crippen LogP contribution < -0.4 is 5.32 Å². The second kappa shape index (κ2) is 3.47. The number of carbonyl (C=O) groups excluding carboxylic acids is 1. The van der Waals surface area contributed by atoms with E-state index in [0.29, 0.717) is 5.39 Å². The molecule has 2 aromatic rings. The molecule has 2 rings (SSSR count). The van der Waals surface area contributed by atoms with Crippen molar-refractivity contribution in [3.8, 4) is 0 Å². The molecule has 2 aromatic heterocycles. The summed E-state index contributed by atoms with van der Waals surface area (Å²) >= 11 is 0. The number of fused-ring (bicyclic) bond motifs is 1. The van der Waals surface area contributed by atoms with Crippen molar-refractivity contribution in [3.63, 3.8) is 0 Å². The van der Waals surface area contributed by atoms with Crippen molar-refractivity contribution in [1.82, 2.24) is 15.2 Å². The molecule has 0 saturated carbocycles. The van der Waals surface area contributed by atoms with Gasteiger partial charge in [0.1, 0.15) is 5.82 Å². The number of pyridine rings is 1. The third kappa shape index (κ3) is 1.81. The van der Waals surface area contributed by atoms with Gasteiger partial charge in [-0.1, -0.05) is 0 Å². The zero-order chi connectivity index (χ0) is 11.8. The molecule has 0 bridgehead atoms. The Hall–Kier alpha value is -2.12. The monoisotopic (exact) mass is 230 g/mol. The lowest BCUT2D eigenvalue weighted by Gasteiger charge is -2.05. The first kappa shape index (κ1) is 10.4. The molecule has 2 N–H and O–H groups in total. The highest BCUT2D eigenvalue weighted by atomic mass is 19.4. The van der Waals surface area contributed by atoms with E-state index in [4.69, 9.17) is 0 Å². The van der Waals surface area contributed by atoms with Gasteiger partial charge in [-0.15, -0.1) is 0 Å². The molecule has 0 unspecified atom stereocenters. The molecule has 0 aliphatic carbocycles. The van der Waals surface area contributed by atoms with E-state index < -0.39 is 12.1 Å². The normalized spacial score (nSPS) is 11.7. The summed E-state index contributed by atoms with van der Waals surface area (Å²) < 4.78 is 35.9. The van der Waals surface area contributed by atoms with Crippen LogP contribution >= 0.6 is 0 Å². The lowest BCUT2D eigenvalue weighted by Crippen LogP contribution is -2.30. The van der Waals surface area contributed by atoms with Crippen molar-refractivity contribution >= 4 is 22.8 Å². The van der Waals surface area contributed by atoms with Crippen LogP contribution in [0.15, 0.2) is 18.3 Å². The molecule has 0 aromatic carbocycles. The minimum absolute atomic E-state index is 0.120. The Bertz CT molecular complexity index is 533. The number of amides is 1. The lowest BCUT2D eigenvalue weighted by molar-refractivity contribution is -0.167. The van der Waals surface area contributed by atoms with E-state index in [9.17, 15) is 18.0 Å². The van der Waals surface area contributed by atoms with Gasteiger partial charge in [0.2, 0.25) is 0 Å². The molecule has 0 atom stereocenters. The maximum atomic E-state index is 12.0. The summed E-state index contributed by atoms with van der Waals surface area (Å²) in [5, 5.41) is 7.91. The molecule has 0 aliphatic rings. The molecule has 0 radical (unpaired) electrons. The fourth-order valence-electron chi connectivity index (χ4n) is 1.13. The number of alkyl halides is 3. The Balaban J connectivity index is 2.32. The van der Waals surface area contributed by atoms with E-state index in [-0.39, 0.29) is 11.5 Å². The molecule has 0 aliphatic heterocycles. The van der Waals surface area contributed by atoms with Gasteiger partial charge < -0.3 is 5.32 Å². The molecule has 0 fully saturated rings. The van der Waals surface area contributed by atoms with Gasteiger partial charge in [-0.2, -0.15) is 18.3 Å². The first-order chi connectivity index (χ1) is 7.48. The van der Waals surface area contributed by atoms with Crippen LogP contribution in [0.2, 0.25) is 0 Å². The van der Waals surface area contributed by atoms with E-state index in [2.05, 4.69) is 15.2 Å². The summed E-state index contributed by atoms with van der Waals surface area (Å²) in [5.74, 6) is -2.17. The standard InChI is InChI=1S/C8H5F3N4O/c9-8(10,11)7(16)13-6-4-2-1-3-12-5(4)14-15-6/h1-3H,(H2,12,13,14,15,16). The lowest BCUT2D eigenvalue weighted by atomic mass is 10.3. The number of hydrogen-bond donors (Lipinski definition) is 2. The molecule has 16 heavy (non-hydrogen) atoms. The molecule has 1 amide bonds. The van der Waals surface area contributed by atoms with Crippen molar-refractivity contribution < 1.29 is 18.0 Å². The summed E-state index contributed by atoms with van der Waals surface area (Å²) in [5.41, 5.74) is 0.236. The predicted octanol–water partition coefficient (Wildman–Crippen LogP) is 1.46. The number of carbonyl (C=O) groups is 1. The second-order valence-electron chi connectivity index (χ2n) is 2.93. The fourth-order valence-corrected chi connectivity index (χ4v) is 1.13. The quantitative estimate of drug-likeness (QED) is 0.779. The highest BCUT2D eigenvalue weighted by Gasteiger charge is 2.39. The topological polar surface area (TPSA) is 70.7 Å². The smallest absolute Gasteiger partial charge is 0.303 e. The van der Waals surface area contributed by atoms with E-state index in [0.717, 1.165) is 0 Å². The van der Waals surface area contributed by atoms with Gasteiger partial charge in [-0.05, 0) is 12.1 Å². The zero-order valence-electron chi connectivity index (χ0n) is 7.67. The second-order valence-corrected chi connectivity index (χ2v) is 2.93. The van der Waals surface area contributed by atoms with E-state index in [1.54, 1.807) is 5.32 Å². The van der Waals surface area contributed by atoms with Crippen molar-refractivity contribution in [2.75, 3.05) is 5.32 Å². The van der Waals surface area contributed by atoms with Crippen molar-refractivity contribution in [2.45, 2.75) is 6.18 Å². The van der Waals surface area contributed by atoms with Crippen molar-refractivity contribution in [1.29, 1.82) is 0 Å². The van der Waals surface area contributed by atoms with Crippen LogP contribution in [0.5, 0.6) is 0 Å². The Morgan fingerprint density at radius 1 is 1.44 bits per heavy atom. The number of aromatic nitrogens is 3. The molecular formula is C8H5F3N4O. The molecule has 0 saturated heterocycles. The van der Waals surface area contributed by atoms with E-state index in [1.807, 2.05) is 0 Å². The minimum atomic E-state index is -4.93. The Morgan fingerprint density at radius 3 is 2.88 bits per heavy atom. The van der Waals surface area contributed by atoms with Gasteiger partial charge in [0, 0.05) is 6.20 Å². The molecule has 5 nitrogen and oxygen atoms in total. The zero-order valence-corrected chi connectivity index (χ0v) is 7.67. The van der Waals surface area contributed by atoms with Gasteiger partial charge in [0.25, 0.3) is 0 Å². The van der Waals surface area contributed by atoms with E-state index in [1.165, 1.54) is 18.3 Å². The first-order valence-corrected chi connectivity index (χ1v) is 4.16. The Labute approximate surface area is 86.7 Å². The summed E-state index contributed by atoms with van der Waals surface area (Å²) in [4.78, 5) is 14.5. The molecule has 8 heteroatoms. The Morgan fingerprint density at radius 2 is 2.19 bits per heavy atom.